The van der Waals surface area contributed by atoms with Crippen LogP contribution in [-0.4, -0.2) is 43.7 Å². The molecule has 1 aromatic carbocycles. The topological polar surface area (TPSA) is 80.8 Å². The molecule has 0 spiro atoms. The maximum absolute atomic E-state index is 12.5. The first-order valence-electron chi connectivity index (χ1n) is 7.74. The average Bonchev–Trinajstić information content (AvgIpc) is 2.93. The fourth-order valence-corrected chi connectivity index (χ4v) is 4.11. The van der Waals surface area contributed by atoms with Gasteiger partial charge in [0, 0.05) is 19.5 Å². The summed E-state index contributed by atoms with van der Waals surface area (Å²) in [5.41, 5.74) is 0.137. The van der Waals surface area contributed by atoms with E-state index >= 15 is 0 Å². The van der Waals surface area contributed by atoms with Crippen LogP contribution in [0.3, 0.4) is 0 Å². The molecule has 1 aliphatic carbocycles. The minimum Gasteiger partial charge on any atom is -0.451 e. The predicted octanol–water partition coefficient (Wildman–Crippen LogP) is 2.00. The molecule has 2 rings (SSSR count). The van der Waals surface area contributed by atoms with Crippen LogP contribution in [0.2, 0.25) is 0 Å². The Balaban J connectivity index is 2.22. The molecule has 126 valence electrons. The van der Waals surface area contributed by atoms with Crippen molar-refractivity contribution in [1.29, 1.82) is 0 Å². The molecule has 0 aromatic heterocycles. The number of ether oxygens (including phenoxy) is 1. The zero-order chi connectivity index (χ0) is 17.0. The highest BCUT2D eigenvalue weighted by molar-refractivity contribution is 7.89. The van der Waals surface area contributed by atoms with Crippen molar-refractivity contribution in [1.82, 2.24) is 4.31 Å². The number of benzene rings is 1. The molecule has 0 N–H and O–H groups in total. The molecule has 1 fully saturated rings. The molecule has 0 radical (unpaired) electrons. The van der Waals surface area contributed by atoms with E-state index in [0.29, 0.717) is 32.4 Å². The summed E-state index contributed by atoms with van der Waals surface area (Å²) in [6.07, 6.45) is 0.967. The quantitative estimate of drug-likeness (QED) is 0.741. The van der Waals surface area contributed by atoms with Crippen molar-refractivity contribution in [3.05, 3.63) is 29.8 Å². The van der Waals surface area contributed by atoms with Gasteiger partial charge in [0.1, 0.15) is 0 Å². The predicted molar refractivity (Wildman–Crippen MR) is 84.6 cm³/mol. The fraction of sp³-hybridized carbons (Fsp3) is 0.500. The summed E-state index contributed by atoms with van der Waals surface area (Å²) in [5, 5.41) is 0. The van der Waals surface area contributed by atoms with E-state index in [1.54, 1.807) is 13.8 Å². The van der Waals surface area contributed by atoms with Crippen LogP contribution in [0.4, 0.5) is 0 Å². The molecular formula is C16H21NO5S. The minimum atomic E-state index is -3.64. The summed E-state index contributed by atoms with van der Waals surface area (Å²) in [7, 11) is -3.64. The lowest BCUT2D eigenvalue weighted by Gasteiger charge is -2.18. The first-order valence-corrected chi connectivity index (χ1v) is 9.18. The Bertz CT molecular complexity index is 694. The molecule has 0 aliphatic heterocycles. The molecule has 1 atom stereocenters. The van der Waals surface area contributed by atoms with E-state index in [-0.39, 0.29) is 16.2 Å². The van der Waals surface area contributed by atoms with Gasteiger partial charge in [0.05, 0.1) is 10.5 Å². The van der Waals surface area contributed by atoms with Crippen molar-refractivity contribution >= 4 is 21.8 Å². The van der Waals surface area contributed by atoms with Gasteiger partial charge in [-0.05, 0) is 31.0 Å². The zero-order valence-electron chi connectivity index (χ0n) is 13.3. The van der Waals surface area contributed by atoms with Crippen molar-refractivity contribution < 1.29 is 22.7 Å². The van der Waals surface area contributed by atoms with Crippen LogP contribution in [-0.2, 0) is 19.6 Å². The summed E-state index contributed by atoms with van der Waals surface area (Å²) < 4.78 is 31.5. The number of hydrogen-bond donors (Lipinski definition) is 0. The van der Waals surface area contributed by atoms with E-state index in [4.69, 9.17) is 4.74 Å². The smallest absolute Gasteiger partial charge is 0.338 e. The van der Waals surface area contributed by atoms with Crippen LogP contribution < -0.4 is 0 Å². The van der Waals surface area contributed by atoms with E-state index in [1.807, 2.05) is 0 Å². The molecular weight excluding hydrogens is 318 g/mol. The number of sulfonamides is 1. The third kappa shape index (κ3) is 3.79. The van der Waals surface area contributed by atoms with Crippen molar-refractivity contribution in [3.63, 3.8) is 0 Å². The molecule has 0 saturated heterocycles. The van der Waals surface area contributed by atoms with Crippen LogP contribution in [0.15, 0.2) is 29.2 Å². The summed E-state index contributed by atoms with van der Waals surface area (Å²) in [5.74, 6) is -0.743. The Hall–Kier alpha value is -1.73. The fourth-order valence-electron chi connectivity index (χ4n) is 2.60. The lowest BCUT2D eigenvalue weighted by Crippen LogP contribution is -2.30. The van der Waals surface area contributed by atoms with E-state index in [2.05, 4.69) is 0 Å². The first-order chi connectivity index (χ1) is 10.9. The second-order valence-electron chi connectivity index (χ2n) is 5.37. The van der Waals surface area contributed by atoms with E-state index in [1.165, 1.54) is 28.6 Å². The molecule has 0 amide bonds. The monoisotopic (exact) mass is 339 g/mol. The highest BCUT2D eigenvalue weighted by atomic mass is 32.2. The molecule has 23 heavy (non-hydrogen) atoms. The van der Waals surface area contributed by atoms with E-state index in [9.17, 15) is 18.0 Å². The van der Waals surface area contributed by atoms with E-state index in [0.717, 1.165) is 0 Å². The van der Waals surface area contributed by atoms with Gasteiger partial charge in [-0.2, -0.15) is 4.31 Å². The van der Waals surface area contributed by atoms with Gasteiger partial charge in [0.15, 0.2) is 11.9 Å². The molecule has 0 heterocycles. The molecule has 7 heteroatoms. The normalized spacial score (nSPS) is 18.4. The molecule has 0 bridgehead atoms. The number of carbonyl (C=O) groups excluding carboxylic acids is 2. The third-order valence-corrected chi connectivity index (χ3v) is 5.96. The summed E-state index contributed by atoms with van der Waals surface area (Å²) in [6, 6.07) is 5.74. The molecule has 0 unspecified atom stereocenters. The molecule has 1 aliphatic rings. The number of nitrogens with zero attached hydrogens (tertiary/aromatic N) is 1. The van der Waals surface area contributed by atoms with Crippen molar-refractivity contribution in [2.24, 2.45) is 0 Å². The van der Waals surface area contributed by atoms with Gasteiger partial charge in [-0.1, -0.05) is 19.9 Å². The average molecular weight is 339 g/mol. The SMILES string of the molecule is CCN(CC)S(=O)(=O)c1cccc(C(=O)O[C@@H]2CCCC2=O)c1. The Morgan fingerprint density at radius 2 is 2.00 bits per heavy atom. The maximum Gasteiger partial charge on any atom is 0.338 e. The third-order valence-electron chi connectivity index (χ3n) is 3.91. The second kappa shape index (κ2) is 7.23. The number of esters is 1. The molecule has 1 saturated carbocycles. The first kappa shape index (κ1) is 17.6. The summed E-state index contributed by atoms with van der Waals surface area (Å²) in [4.78, 5) is 23.8. The van der Waals surface area contributed by atoms with Crippen LogP contribution >= 0.6 is 0 Å². The molecule has 6 nitrogen and oxygen atoms in total. The van der Waals surface area contributed by atoms with Gasteiger partial charge in [0.2, 0.25) is 10.0 Å². The number of ketones is 1. The van der Waals surface area contributed by atoms with Crippen molar-refractivity contribution in [3.8, 4) is 0 Å². The lowest BCUT2D eigenvalue weighted by molar-refractivity contribution is -0.124. The summed E-state index contributed by atoms with van der Waals surface area (Å²) in [6.45, 7) is 4.21. The lowest BCUT2D eigenvalue weighted by atomic mass is 10.2. The van der Waals surface area contributed by atoms with Gasteiger partial charge >= 0.3 is 5.97 Å². The van der Waals surface area contributed by atoms with Gasteiger partial charge in [-0.25, -0.2) is 13.2 Å². The Morgan fingerprint density at radius 3 is 2.57 bits per heavy atom. The standard InChI is InChI=1S/C16H21NO5S/c1-3-17(4-2)23(20,21)13-8-5-7-12(11-13)16(19)22-15-10-6-9-14(15)18/h5,7-8,11,15H,3-4,6,9-10H2,1-2H3/t15-/m1/s1. The van der Waals surface area contributed by atoms with Gasteiger partial charge in [0.25, 0.3) is 0 Å². The maximum atomic E-state index is 12.5. The van der Waals surface area contributed by atoms with Gasteiger partial charge < -0.3 is 4.74 Å². The highest BCUT2D eigenvalue weighted by Gasteiger charge is 2.29. The van der Waals surface area contributed by atoms with Crippen molar-refractivity contribution in [2.75, 3.05) is 13.1 Å². The minimum absolute atomic E-state index is 0.0494. The van der Waals surface area contributed by atoms with Gasteiger partial charge in [-0.3, -0.25) is 4.79 Å². The van der Waals surface area contributed by atoms with Crippen LogP contribution in [0, 0.1) is 0 Å². The van der Waals surface area contributed by atoms with E-state index < -0.39 is 22.1 Å². The van der Waals surface area contributed by atoms with Crippen molar-refractivity contribution in [2.45, 2.75) is 44.1 Å². The second-order valence-corrected chi connectivity index (χ2v) is 7.31. The number of hydrogen-bond acceptors (Lipinski definition) is 5. The highest BCUT2D eigenvalue weighted by Crippen LogP contribution is 2.21. The Kier molecular flexibility index (Phi) is 5.54. The Labute approximate surface area is 136 Å². The number of Topliss-reactive ketones (excluding diaryl/α,β-unsaturated/α-hetero) is 1. The Morgan fingerprint density at radius 1 is 1.30 bits per heavy atom. The number of carbonyl (C=O) groups is 2. The van der Waals surface area contributed by atoms with Crippen LogP contribution in [0.1, 0.15) is 43.5 Å². The largest absolute Gasteiger partial charge is 0.451 e. The zero-order valence-corrected chi connectivity index (χ0v) is 14.1. The van der Waals surface area contributed by atoms with Crippen LogP contribution in [0.5, 0.6) is 0 Å². The summed E-state index contributed by atoms with van der Waals surface area (Å²) >= 11 is 0. The van der Waals surface area contributed by atoms with Crippen LogP contribution in [0.25, 0.3) is 0 Å². The number of rotatable bonds is 6. The molecule has 1 aromatic rings. The van der Waals surface area contributed by atoms with Gasteiger partial charge in [-0.15, -0.1) is 0 Å².